The molecule has 1 aromatic heterocycles. The summed E-state index contributed by atoms with van der Waals surface area (Å²) in [7, 11) is 3.52. The van der Waals surface area contributed by atoms with Gasteiger partial charge >= 0.3 is 0 Å². The third-order valence-electron chi connectivity index (χ3n) is 4.18. The molecule has 120 valence electrons. The predicted octanol–water partition coefficient (Wildman–Crippen LogP) is 2.81. The van der Waals surface area contributed by atoms with Gasteiger partial charge in [0.2, 0.25) is 5.91 Å². The molecule has 23 heavy (non-hydrogen) atoms. The van der Waals surface area contributed by atoms with Crippen LogP contribution in [0, 0.1) is 0 Å². The molecule has 0 N–H and O–H groups in total. The maximum Gasteiger partial charge on any atom is 0.247 e. The van der Waals surface area contributed by atoms with Crippen LogP contribution >= 0.6 is 0 Å². The Balaban J connectivity index is 1.72. The molecule has 3 rings (SSSR count). The van der Waals surface area contributed by atoms with Gasteiger partial charge in [0, 0.05) is 31.4 Å². The second-order valence-corrected chi connectivity index (χ2v) is 5.74. The van der Waals surface area contributed by atoms with E-state index >= 15 is 0 Å². The Bertz CT molecular complexity index is 703. The second-order valence-electron chi connectivity index (χ2n) is 5.74. The van der Waals surface area contributed by atoms with Crippen LogP contribution in [0.5, 0.6) is 5.75 Å². The van der Waals surface area contributed by atoms with Crippen LogP contribution in [0.4, 0.5) is 0 Å². The van der Waals surface area contributed by atoms with Crippen molar-refractivity contribution in [2.75, 3.05) is 13.7 Å². The van der Waals surface area contributed by atoms with Crippen LogP contribution in [0.1, 0.15) is 30.0 Å². The van der Waals surface area contributed by atoms with E-state index in [0.717, 1.165) is 36.3 Å². The molecular weight excluding hydrogens is 290 g/mol. The first-order valence-electron chi connectivity index (χ1n) is 7.78. The zero-order valence-corrected chi connectivity index (χ0v) is 13.5. The third kappa shape index (κ3) is 3.44. The highest BCUT2D eigenvalue weighted by molar-refractivity contribution is 5.92. The topological polar surface area (TPSA) is 47.4 Å². The number of benzene rings is 1. The fourth-order valence-corrected chi connectivity index (χ4v) is 2.99. The monoisotopic (exact) mass is 311 g/mol. The summed E-state index contributed by atoms with van der Waals surface area (Å²) in [5.74, 6) is 0.883. The fourth-order valence-electron chi connectivity index (χ4n) is 2.99. The quantitative estimate of drug-likeness (QED) is 0.816. The van der Waals surface area contributed by atoms with E-state index in [2.05, 4.69) is 5.10 Å². The van der Waals surface area contributed by atoms with Crippen molar-refractivity contribution in [2.45, 2.75) is 18.9 Å². The molecule has 1 aromatic carbocycles. The molecule has 1 aliphatic heterocycles. The van der Waals surface area contributed by atoms with E-state index in [-0.39, 0.29) is 11.9 Å². The molecule has 0 saturated carbocycles. The lowest BCUT2D eigenvalue weighted by Gasteiger charge is -2.24. The molecule has 1 aliphatic rings. The van der Waals surface area contributed by atoms with Crippen molar-refractivity contribution in [1.82, 2.24) is 14.7 Å². The number of aryl methyl sites for hydroxylation is 1. The summed E-state index contributed by atoms with van der Waals surface area (Å²) in [5, 5.41) is 4.10. The van der Waals surface area contributed by atoms with Crippen molar-refractivity contribution in [1.29, 1.82) is 0 Å². The van der Waals surface area contributed by atoms with Crippen molar-refractivity contribution in [3.8, 4) is 5.75 Å². The molecular formula is C18H21N3O2. The highest BCUT2D eigenvalue weighted by Gasteiger charge is 2.28. The van der Waals surface area contributed by atoms with Gasteiger partial charge in [0.15, 0.2) is 0 Å². The first kappa shape index (κ1) is 15.3. The Hall–Kier alpha value is -2.56. The van der Waals surface area contributed by atoms with Gasteiger partial charge in [-0.1, -0.05) is 12.1 Å². The Morgan fingerprint density at radius 1 is 1.35 bits per heavy atom. The first-order chi connectivity index (χ1) is 11.2. The molecule has 1 saturated heterocycles. The normalized spacial score (nSPS) is 17.8. The van der Waals surface area contributed by atoms with E-state index in [1.165, 1.54) is 0 Å². The Kier molecular flexibility index (Phi) is 4.46. The molecule has 0 aliphatic carbocycles. The fraction of sp³-hybridized carbons (Fsp3) is 0.333. The molecule has 0 spiro atoms. The van der Waals surface area contributed by atoms with Gasteiger partial charge in [0.25, 0.3) is 0 Å². The second kappa shape index (κ2) is 6.69. The van der Waals surface area contributed by atoms with Crippen molar-refractivity contribution in [3.05, 3.63) is 53.9 Å². The lowest BCUT2D eigenvalue weighted by molar-refractivity contribution is -0.126. The van der Waals surface area contributed by atoms with Gasteiger partial charge in [-0.15, -0.1) is 0 Å². The number of nitrogens with zero attached hydrogens (tertiary/aromatic N) is 3. The van der Waals surface area contributed by atoms with E-state index < -0.39 is 0 Å². The van der Waals surface area contributed by atoms with Crippen LogP contribution in [-0.2, 0) is 11.8 Å². The molecule has 2 heterocycles. The number of rotatable bonds is 4. The SMILES string of the molecule is COc1ccc(C2CCCN2C(=O)C=Cc2cnn(C)c2)cc1. The van der Waals surface area contributed by atoms with Crippen molar-refractivity contribution >= 4 is 12.0 Å². The molecule has 1 atom stereocenters. The summed E-state index contributed by atoms with van der Waals surface area (Å²) in [6.07, 6.45) is 9.11. The zero-order chi connectivity index (χ0) is 16.2. The maximum atomic E-state index is 12.5. The minimum absolute atomic E-state index is 0.0483. The molecule has 2 aromatic rings. The van der Waals surface area contributed by atoms with Gasteiger partial charge in [-0.25, -0.2) is 0 Å². The number of ether oxygens (including phenoxy) is 1. The van der Waals surface area contributed by atoms with Crippen LogP contribution in [0.25, 0.3) is 6.08 Å². The summed E-state index contributed by atoms with van der Waals surface area (Å²) >= 11 is 0. The molecule has 1 fully saturated rings. The largest absolute Gasteiger partial charge is 0.497 e. The van der Waals surface area contributed by atoms with Crippen LogP contribution in [0.3, 0.4) is 0 Å². The van der Waals surface area contributed by atoms with E-state index in [9.17, 15) is 4.79 Å². The first-order valence-corrected chi connectivity index (χ1v) is 7.78. The van der Waals surface area contributed by atoms with E-state index in [4.69, 9.17) is 4.74 Å². The summed E-state index contributed by atoms with van der Waals surface area (Å²) in [6, 6.07) is 8.12. The number of likely N-dealkylation sites (tertiary alicyclic amines) is 1. The van der Waals surface area contributed by atoms with Crippen molar-refractivity contribution in [3.63, 3.8) is 0 Å². The molecule has 0 bridgehead atoms. The molecule has 5 heteroatoms. The van der Waals surface area contributed by atoms with Crippen LogP contribution in [-0.4, -0.2) is 34.2 Å². The van der Waals surface area contributed by atoms with E-state index in [0.29, 0.717) is 0 Å². The minimum atomic E-state index is 0.0483. The smallest absolute Gasteiger partial charge is 0.247 e. The lowest BCUT2D eigenvalue weighted by Crippen LogP contribution is -2.28. The van der Waals surface area contributed by atoms with Crippen molar-refractivity contribution in [2.24, 2.45) is 7.05 Å². The number of amides is 1. The Morgan fingerprint density at radius 2 is 2.13 bits per heavy atom. The number of carbonyl (C=O) groups is 1. The average Bonchev–Trinajstić information content (AvgIpc) is 3.21. The molecule has 1 unspecified atom stereocenters. The van der Waals surface area contributed by atoms with Crippen LogP contribution < -0.4 is 4.74 Å². The number of hydrogen-bond donors (Lipinski definition) is 0. The Morgan fingerprint density at radius 3 is 2.78 bits per heavy atom. The number of aromatic nitrogens is 2. The third-order valence-corrected chi connectivity index (χ3v) is 4.18. The summed E-state index contributed by atoms with van der Waals surface area (Å²) < 4.78 is 6.92. The van der Waals surface area contributed by atoms with Gasteiger partial charge in [0.05, 0.1) is 19.3 Å². The van der Waals surface area contributed by atoms with Gasteiger partial charge in [-0.2, -0.15) is 5.10 Å². The molecule has 5 nitrogen and oxygen atoms in total. The summed E-state index contributed by atoms with van der Waals surface area (Å²) in [5.41, 5.74) is 2.09. The van der Waals surface area contributed by atoms with Crippen LogP contribution in [0.15, 0.2) is 42.7 Å². The van der Waals surface area contributed by atoms with Gasteiger partial charge in [0.1, 0.15) is 5.75 Å². The lowest BCUT2D eigenvalue weighted by atomic mass is 10.0. The average molecular weight is 311 g/mol. The van der Waals surface area contributed by atoms with Gasteiger partial charge in [-0.05, 0) is 36.6 Å². The maximum absolute atomic E-state index is 12.5. The highest BCUT2D eigenvalue weighted by atomic mass is 16.5. The number of methoxy groups -OCH3 is 1. The Labute approximate surface area is 136 Å². The predicted molar refractivity (Wildman–Crippen MR) is 88.9 cm³/mol. The van der Waals surface area contributed by atoms with E-state index in [1.54, 1.807) is 24.1 Å². The highest BCUT2D eigenvalue weighted by Crippen LogP contribution is 2.32. The standard InChI is InChI=1S/C18H21N3O2/c1-20-13-14(12-19-20)5-10-18(22)21-11-3-4-17(21)15-6-8-16(23-2)9-7-15/h5-10,12-13,17H,3-4,11H2,1-2H3. The summed E-state index contributed by atoms with van der Waals surface area (Å²) in [4.78, 5) is 14.5. The number of carbonyl (C=O) groups excluding carboxylic acids is 1. The van der Waals surface area contributed by atoms with Gasteiger partial charge < -0.3 is 9.64 Å². The van der Waals surface area contributed by atoms with Crippen molar-refractivity contribution < 1.29 is 9.53 Å². The van der Waals surface area contributed by atoms with Gasteiger partial charge in [-0.3, -0.25) is 9.48 Å². The number of hydrogen-bond acceptors (Lipinski definition) is 3. The van der Waals surface area contributed by atoms with E-state index in [1.807, 2.05) is 48.5 Å². The zero-order valence-electron chi connectivity index (χ0n) is 13.5. The summed E-state index contributed by atoms with van der Waals surface area (Å²) in [6.45, 7) is 0.799. The molecule has 0 radical (unpaired) electrons. The van der Waals surface area contributed by atoms with Crippen LogP contribution in [0.2, 0.25) is 0 Å². The minimum Gasteiger partial charge on any atom is -0.497 e. The molecule has 1 amide bonds.